The molecule has 0 bridgehead atoms. The van der Waals surface area contributed by atoms with Gasteiger partial charge in [-0.25, -0.2) is 0 Å². The molecule has 1 aromatic carbocycles. The Morgan fingerprint density at radius 3 is 2.73 bits per heavy atom. The van der Waals surface area contributed by atoms with Gasteiger partial charge in [0.1, 0.15) is 0 Å². The summed E-state index contributed by atoms with van der Waals surface area (Å²) < 4.78 is 41.5. The van der Waals surface area contributed by atoms with Gasteiger partial charge in [0.05, 0.1) is 0 Å². The van der Waals surface area contributed by atoms with Gasteiger partial charge in [0.2, 0.25) is 5.82 Å². The first-order valence-electron chi connectivity index (χ1n) is 6.36. The van der Waals surface area contributed by atoms with Crippen molar-refractivity contribution in [2.45, 2.75) is 6.18 Å². The molecule has 0 aliphatic carbocycles. The van der Waals surface area contributed by atoms with Crippen molar-refractivity contribution >= 4 is 5.91 Å². The van der Waals surface area contributed by atoms with Crippen LogP contribution in [0.5, 0.6) is 0 Å². The molecule has 0 aliphatic heterocycles. The number of nitrogens with one attached hydrogen (secondary N) is 2. The second-order valence-electron chi connectivity index (χ2n) is 4.36. The molecule has 2 aromatic rings. The van der Waals surface area contributed by atoms with Gasteiger partial charge in [-0.1, -0.05) is 17.3 Å². The highest BCUT2D eigenvalue weighted by atomic mass is 19.4. The van der Waals surface area contributed by atoms with Crippen molar-refractivity contribution in [1.29, 1.82) is 0 Å². The summed E-state index contributed by atoms with van der Waals surface area (Å²) in [6, 6.07) is 5.98. The standard InChI is InChI=1S/C13H13F3N4O2/c1-17-5-6-18-11(21)9-4-2-3-8(7-9)10-19-12(22-20-10)13(14,15)16/h2-4,7,17H,5-6H2,1H3,(H,18,21). The van der Waals surface area contributed by atoms with Gasteiger partial charge in [0, 0.05) is 24.2 Å². The minimum atomic E-state index is -4.70. The Bertz CT molecular complexity index is 655. The van der Waals surface area contributed by atoms with Crippen molar-refractivity contribution in [1.82, 2.24) is 20.8 Å². The molecule has 0 saturated carbocycles. The van der Waals surface area contributed by atoms with Gasteiger partial charge >= 0.3 is 12.1 Å². The highest BCUT2D eigenvalue weighted by Gasteiger charge is 2.38. The van der Waals surface area contributed by atoms with E-state index in [0.29, 0.717) is 18.7 Å². The number of likely N-dealkylation sites (N-methyl/N-ethyl adjacent to an activating group) is 1. The third-order valence-electron chi connectivity index (χ3n) is 2.71. The zero-order valence-corrected chi connectivity index (χ0v) is 11.6. The van der Waals surface area contributed by atoms with E-state index in [1.54, 1.807) is 13.1 Å². The lowest BCUT2D eigenvalue weighted by atomic mass is 10.1. The maximum atomic E-state index is 12.4. The SMILES string of the molecule is CNCCNC(=O)c1cccc(-c2noc(C(F)(F)F)n2)c1. The number of amides is 1. The third-order valence-corrected chi connectivity index (χ3v) is 2.71. The number of carbonyl (C=O) groups is 1. The van der Waals surface area contributed by atoms with Crippen molar-refractivity contribution in [2.75, 3.05) is 20.1 Å². The summed E-state index contributed by atoms with van der Waals surface area (Å²) in [5.41, 5.74) is 0.562. The summed E-state index contributed by atoms with van der Waals surface area (Å²) in [6.45, 7) is 1.03. The maximum absolute atomic E-state index is 12.4. The zero-order valence-electron chi connectivity index (χ0n) is 11.6. The van der Waals surface area contributed by atoms with Gasteiger partial charge in [0.15, 0.2) is 0 Å². The summed E-state index contributed by atoms with van der Waals surface area (Å²) >= 11 is 0. The topological polar surface area (TPSA) is 80.0 Å². The van der Waals surface area contributed by atoms with Crippen molar-refractivity contribution in [3.8, 4) is 11.4 Å². The monoisotopic (exact) mass is 314 g/mol. The van der Waals surface area contributed by atoms with E-state index in [1.807, 2.05) is 0 Å². The van der Waals surface area contributed by atoms with Crippen molar-refractivity contribution in [3.05, 3.63) is 35.7 Å². The summed E-state index contributed by atoms with van der Waals surface area (Å²) in [6.07, 6.45) is -4.70. The smallest absolute Gasteiger partial charge is 0.351 e. The van der Waals surface area contributed by atoms with Gasteiger partial charge in [0.25, 0.3) is 5.91 Å². The second-order valence-corrected chi connectivity index (χ2v) is 4.36. The van der Waals surface area contributed by atoms with Gasteiger partial charge in [-0.3, -0.25) is 4.79 Å². The average molecular weight is 314 g/mol. The Labute approximate surface area is 123 Å². The van der Waals surface area contributed by atoms with Crippen molar-refractivity contribution in [2.24, 2.45) is 0 Å². The van der Waals surface area contributed by atoms with Crippen LogP contribution >= 0.6 is 0 Å². The summed E-state index contributed by atoms with van der Waals surface area (Å²) in [5.74, 6) is -1.99. The lowest BCUT2D eigenvalue weighted by Gasteiger charge is -2.05. The maximum Gasteiger partial charge on any atom is 0.471 e. The summed E-state index contributed by atoms with van der Waals surface area (Å²) in [4.78, 5) is 15.2. The Kier molecular flexibility index (Phi) is 4.76. The highest BCUT2D eigenvalue weighted by Crippen LogP contribution is 2.29. The molecule has 22 heavy (non-hydrogen) atoms. The average Bonchev–Trinajstić information content (AvgIpc) is 2.97. The minimum Gasteiger partial charge on any atom is -0.351 e. The number of aromatic nitrogens is 2. The number of alkyl halides is 3. The van der Waals surface area contributed by atoms with E-state index in [4.69, 9.17) is 0 Å². The fraction of sp³-hybridized carbons (Fsp3) is 0.308. The number of carbonyl (C=O) groups excluding carboxylic acids is 1. The molecular formula is C13H13F3N4O2. The van der Waals surface area contributed by atoms with Crippen LogP contribution in [-0.2, 0) is 6.18 Å². The molecule has 118 valence electrons. The predicted molar refractivity (Wildman–Crippen MR) is 71.0 cm³/mol. The molecule has 0 radical (unpaired) electrons. The number of rotatable bonds is 5. The van der Waals surface area contributed by atoms with E-state index in [-0.39, 0.29) is 17.3 Å². The molecular weight excluding hydrogens is 301 g/mol. The van der Waals surface area contributed by atoms with E-state index >= 15 is 0 Å². The number of benzene rings is 1. The Morgan fingerprint density at radius 2 is 2.09 bits per heavy atom. The molecule has 6 nitrogen and oxygen atoms in total. The quantitative estimate of drug-likeness (QED) is 0.821. The first kappa shape index (κ1) is 16.0. The van der Waals surface area contributed by atoms with Crippen LogP contribution in [-0.4, -0.2) is 36.2 Å². The normalized spacial score (nSPS) is 11.5. The molecule has 0 atom stereocenters. The van der Waals surface area contributed by atoms with Crippen LogP contribution in [0.2, 0.25) is 0 Å². The van der Waals surface area contributed by atoms with Crippen LogP contribution < -0.4 is 10.6 Å². The van der Waals surface area contributed by atoms with Crippen LogP contribution in [0.4, 0.5) is 13.2 Å². The summed E-state index contributed by atoms with van der Waals surface area (Å²) in [5, 5.41) is 8.82. The lowest BCUT2D eigenvalue weighted by Crippen LogP contribution is -2.30. The van der Waals surface area contributed by atoms with Crippen LogP contribution in [0.15, 0.2) is 28.8 Å². The van der Waals surface area contributed by atoms with Gasteiger partial charge in [-0.05, 0) is 19.2 Å². The molecule has 0 unspecified atom stereocenters. The van der Waals surface area contributed by atoms with E-state index in [1.165, 1.54) is 18.2 Å². The number of hydrogen-bond donors (Lipinski definition) is 2. The largest absolute Gasteiger partial charge is 0.471 e. The highest BCUT2D eigenvalue weighted by molar-refractivity contribution is 5.95. The molecule has 0 aliphatic rings. The second kappa shape index (κ2) is 6.56. The van der Waals surface area contributed by atoms with Gasteiger partial charge < -0.3 is 15.2 Å². The van der Waals surface area contributed by atoms with Gasteiger partial charge in [-0.2, -0.15) is 18.2 Å². The Morgan fingerprint density at radius 1 is 1.32 bits per heavy atom. The van der Waals surface area contributed by atoms with Crippen LogP contribution in [0.25, 0.3) is 11.4 Å². The van der Waals surface area contributed by atoms with Crippen molar-refractivity contribution in [3.63, 3.8) is 0 Å². The van der Waals surface area contributed by atoms with E-state index < -0.39 is 12.1 Å². The van der Waals surface area contributed by atoms with Crippen LogP contribution in [0, 0.1) is 0 Å². The molecule has 0 spiro atoms. The lowest BCUT2D eigenvalue weighted by molar-refractivity contribution is -0.159. The number of hydrogen-bond acceptors (Lipinski definition) is 5. The molecule has 0 saturated heterocycles. The first-order chi connectivity index (χ1) is 10.4. The molecule has 1 heterocycles. The minimum absolute atomic E-state index is 0.225. The Balaban J connectivity index is 2.18. The zero-order chi connectivity index (χ0) is 16.2. The molecule has 1 aromatic heterocycles. The number of halogens is 3. The first-order valence-corrected chi connectivity index (χ1v) is 6.36. The molecule has 9 heteroatoms. The molecule has 1 amide bonds. The number of nitrogens with zero attached hydrogens (tertiary/aromatic N) is 2. The predicted octanol–water partition coefficient (Wildman–Crippen LogP) is 1.70. The summed E-state index contributed by atoms with van der Waals surface area (Å²) in [7, 11) is 1.75. The van der Waals surface area contributed by atoms with E-state index in [9.17, 15) is 18.0 Å². The van der Waals surface area contributed by atoms with Crippen LogP contribution in [0.1, 0.15) is 16.2 Å². The Hall–Kier alpha value is -2.42. The third kappa shape index (κ3) is 3.82. The molecule has 2 N–H and O–H groups in total. The van der Waals surface area contributed by atoms with E-state index in [2.05, 4.69) is 25.3 Å². The van der Waals surface area contributed by atoms with Crippen molar-refractivity contribution < 1.29 is 22.5 Å². The fourth-order valence-corrected chi connectivity index (χ4v) is 1.66. The van der Waals surface area contributed by atoms with E-state index in [0.717, 1.165) is 0 Å². The fourth-order valence-electron chi connectivity index (χ4n) is 1.66. The van der Waals surface area contributed by atoms with Gasteiger partial charge in [-0.15, -0.1) is 0 Å². The molecule has 2 rings (SSSR count). The van der Waals surface area contributed by atoms with Crippen LogP contribution in [0.3, 0.4) is 0 Å². The molecule has 0 fully saturated rings.